The van der Waals surface area contributed by atoms with Gasteiger partial charge in [-0.1, -0.05) is 5.10 Å². The van der Waals surface area contributed by atoms with Gasteiger partial charge in [-0.25, -0.2) is 0 Å². The summed E-state index contributed by atoms with van der Waals surface area (Å²) in [6, 6.07) is 0.592. The summed E-state index contributed by atoms with van der Waals surface area (Å²) in [7, 11) is 0. The summed E-state index contributed by atoms with van der Waals surface area (Å²) >= 11 is 0. The second-order valence-electron chi connectivity index (χ2n) is 8.58. The predicted octanol–water partition coefficient (Wildman–Crippen LogP) is 2.24. The summed E-state index contributed by atoms with van der Waals surface area (Å²) in [5.74, 6) is 3.51. The normalized spacial score (nSPS) is 38.0. The number of hydrogen-bond acceptors (Lipinski definition) is 5. The molecule has 6 nitrogen and oxygen atoms in total. The molecule has 6 heteroatoms. The summed E-state index contributed by atoms with van der Waals surface area (Å²) in [6.07, 6.45) is 7.62. The topological polar surface area (TPSA) is 62.5 Å². The third-order valence-electron chi connectivity index (χ3n) is 6.84. The molecule has 2 heterocycles. The molecular formula is C18H26N4O2. The zero-order valence-corrected chi connectivity index (χ0v) is 14.4. The van der Waals surface area contributed by atoms with Crippen LogP contribution in [-0.2, 0) is 4.79 Å². The molecule has 0 atom stereocenters. The smallest absolute Gasteiger partial charge is 0.318 e. The maximum Gasteiger partial charge on any atom is 0.318 e. The Bertz CT molecular complexity index is 612. The molecule has 4 aliphatic carbocycles. The van der Waals surface area contributed by atoms with Crippen molar-refractivity contribution in [2.24, 2.45) is 23.2 Å². The second-order valence-corrected chi connectivity index (χ2v) is 8.58. The highest BCUT2D eigenvalue weighted by atomic mass is 16.4. The first kappa shape index (κ1) is 14.7. The molecule has 4 saturated carbocycles. The van der Waals surface area contributed by atoms with Crippen molar-refractivity contribution >= 4 is 11.9 Å². The molecule has 1 aliphatic heterocycles. The van der Waals surface area contributed by atoms with Crippen LogP contribution in [0, 0.1) is 30.1 Å². The van der Waals surface area contributed by atoms with Gasteiger partial charge in [-0.2, -0.15) is 0 Å². The Morgan fingerprint density at radius 1 is 1.00 bits per heavy atom. The van der Waals surface area contributed by atoms with Gasteiger partial charge in [0.05, 0.1) is 5.41 Å². The Kier molecular flexibility index (Phi) is 3.19. The maximum atomic E-state index is 13.4. The van der Waals surface area contributed by atoms with E-state index < -0.39 is 0 Å². The van der Waals surface area contributed by atoms with Crippen LogP contribution < -0.4 is 4.90 Å². The first-order chi connectivity index (χ1) is 11.6. The molecule has 5 fully saturated rings. The van der Waals surface area contributed by atoms with Crippen LogP contribution in [-0.4, -0.2) is 47.2 Å². The van der Waals surface area contributed by atoms with Gasteiger partial charge in [-0.3, -0.25) is 4.79 Å². The van der Waals surface area contributed by atoms with Crippen LogP contribution in [0.15, 0.2) is 4.42 Å². The SMILES string of the molecule is Cc1nnc(N2CCN(C(=O)C34CC5CC(CC(C5)C3)C4)CC2)o1. The van der Waals surface area contributed by atoms with Gasteiger partial charge in [0.2, 0.25) is 11.8 Å². The highest BCUT2D eigenvalue weighted by Gasteiger charge is 2.55. The lowest BCUT2D eigenvalue weighted by Crippen LogP contribution is -2.58. The Morgan fingerprint density at radius 2 is 1.58 bits per heavy atom. The van der Waals surface area contributed by atoms with Crippen LogP contribution in [0.3, 0.4) is 0 Å². The van der Waals surface area contributed by atoms with Crippen molar-refractivity contribution in [3.8, 4) is 0 Å². The lowest BCUT2D eigenvalue weighted by Gasteiger charge is -2.57. The number of hydrogen-bond donors (Lipinski definition) is 0. The summed E-state index contributed by atoms with van der Waals surface area (Å²) < 4.78 is 5.52. The summed E-state index contributed by atoms with van der Waals surface area (Å²) in [6.45, 7) is 4.95. The van der Waals surface area contributed by atoms with Crippen LogP contribution in [0.2, 0.25) is 0 Å². The lowest BCUT2D eigenvalue weighted by atomic mass is 9.49. The van der Waals surface area contributed by atoms with E-state index in [0.717, 1.165) is 63.2 Å². The number of rotatable bonds is 2. The summed E-state index contributed by atoms with van der Waals surface area (Å²) in [5.41, 5.74) is -0.0159. The molecule has 0 radical (unpaired) electrons. The second kappa shape index (κ2) is 5.20. The number of carbonyl (C=O) groups is 1. The molecule has 6 rings (SSSR count). The number of carbonyl (C=O) groups excluding carboxylic acids is 1. The minimum absolute atomic E-state index is 0.0159. The molecular weight excluding hydrogens is 304 g/mol. The van der Waals surface area contributed by atoms with Crippen molar-refractivity contribution in [2.75, 3.05) is 31.1 Å². The summed E-state index contributed by atoms with van der Waals surface area (Å²) in [4.78, 5) is 17.6. The average molecular weight is 330 g/mol. The van der Waals surface area contributed by atoms with Gasteiger partial charge in [0.25, 0.3) is 0 Å². The fourth-order valence-electron chi connectivity index (χ4n) is 6.22. The standard InChI is InChI=1S/C18H26N4O2/c1-12-19-20-17(24-12)22-4-2-21(3-5-22)16(23)18-9-13-6-14(10-18)8-15(7-13)11-18/h13-15H,2-11H2,1H3. The van der Waals surface area contributed by atoms with E-state index in [1.54, 1.807) is 0 Å². The largest absolute Gasteiger partial charge is 0.408 e. The molecule has 0 aromatic carbocycles. The highest BCUT2D eigenvalue weighted by Crippen LogP contribution is 2.60. The van der Waals surface area contributed by atoms with Crippen LogP contribution in [0.1, 0.15) is 44.4 Å². The van der Waals surface area contributed by atoms with Crippen molar-refractivity contribution in [3.63, 3.8) is 0 Å². The fraction of sp³-hybridized carbons (Fsp3) is 0.833. The molecule has 0 N–H and O–H groups in total. The van der Waals surface area contributed by atoms with Crippen molar-refractivity contribution in [3.05, 3.63) is 5.89 Å². The first-order valence-electron chi connectivity index (χ1n) is 9.46. The Hall–Kier alpha value is -1.59. The van der Waals surface area contributed by atoms with Crippen molar-refractivity contribution in [1.29, 1.82) is 0 Å². The van der Waals surface area contributed by atoms with E-state index in [2.05, 4.69) is 20.0 Å². The first-order valence-corrected chi connectivity index (χ1v) is 9.46. The monoisotopic (exact) mass is 330 g/mol. The quantitative estimate of drug-likeness (QED) is 0.832. The average Bonchev–Trinajstić information content (AvgIpc) is 3.00. The van der Waals surface area contributed by atoms with Crippen LogP contribution >= 0.6 is 0 Å². The van der Waals surface area contributed by atoms with E-state index in [-0.39, 0.29) is 5.41 Å². The number of aryl methyl sites for hydroxylation is 1. The van der Waals surface area contributed by atoms with Crippen molar-refractivity contribution in [1.82, 2.24) is 15.1 Å². The molecule has 130 valence electrons. The Balaban J connectivity index is 1.27. The van der Waals surface area contributed by atoms with Gasteiger partial charge in [0.1, 0.15) is 0 Å². The van der Waals surface area contributed by atoms with E-state index in [4.69, 9.17) is 4.42 Å². The zero-order valence-electron chi connectivity index (χ0n) is 14.4. The van der Waals surface area contributed by atoms with Gasteiger partial charge in [-0.15, -0.1) is 5.10 Å². The molecule has 1 saturated heterocycles. The van der Waals surface area contributed by atoms with E-state index in [1.165, 1.54) is 19.3 Å². The van der Waals surface area contributed by atoms with E-state index >= 15 is 0 Å². The molecule has 1 aromatic rings. The zero-order chi connectivity index (χ0) is 16.3. The summed E-state index contributed by atoms with van der Waals surface area (Å²) in [5, 5.41) is 8.00. The van der Waals surface area contributed by atoms with Crippen molar-refractivity contribution in [2.45, 2.75) is 45.4 Å². The van der Waals surface area contributed by atoms with E-state index in [1.807, 2.05) is 6.92 Å². The number of anilines is 1. The van der Waals surface area contributed by atoms with Crippen molar-refractivity contribution < 1.29 is 9.21 Å². The number of aromatic nitrogens is 2. The highest BCUT2D eigenvalue weighted by molar-refractivity contribution is 5.83. The molecule has 1 amide bonds. The minimum atomic E-state index is -0.0159. The van der Waals surface area contributed by atoms with Crippen LogP contribution in [0.4, 0.5) is 6.01 Å². The molecule has 24 heavy (non-hydrogen) atoms. The molecule has 5 aliphatic rings. The Morgan fingerprint density at radius 3 is 2.08 bits per heavy atom. The van der Waals surface area contributed by atoms with E-state index in [9.17, 15) is 4.79 Å². The molecule has 0 unspecified atom stereocenters. The van der Waals surface area contributed by atoms with E-state index in [0.29, 0.717) is 17.8 Å². The molecule has 4 bridgehead atoms. The number of piperazine rings is 1. The third kappa shape index (κ3) is 2.25. The molecule has 1 aromatic heterocycles. The molecule has 0 spiro atoms. The minimum Gasteiger partial charge on any atom is -0.408 e. The van der Waals surface area contributed by atoms with Gasteiger partial charge < -0.3 is 14.2 Å². The Labute approximate surface area is 142 Å². The third-order valence-corrected chi connectivity index (χ3v) is 6.84. The van der Waals surface area contributed by atoms with Gasteiger partial charge in [-0.05, 0) is 56.3 Å². The lowest BCUT2D eigenvalue weighted by molar-refractivity contribution is -0.158. The maximum absolute atomic E-state index is 13.4. The fourth-order valence-corrected chi connectivity index (χ4v) is 6.22. The van der Waals surface area contributed by atoms with Gasteiger partial charge in [0.15, 0.2) is 0 Å². The number of amides is 1. The number of nitrogens with zero attached hydrogens (tertiary/aromatic N) is 4. The van der Waals surface area contributed by atoms with Gasteiger partial charge >= 0.3 is 6.01 Å². The van der Waals surface area contributed by atoms with Crippen LogP contribution in [0.25, 0.3) is 0 Å². The predicted molar refractivity (Wildman–Crippen MR) is 88.4 cm³/mol. The van der Waals surface area contributed by atoms with Gasteiger partial charge in [0, 0.05) is 33.1 Å². The van der Waals surface area contributed by atoms with Crippen LogP contribution in [0.5, 0.6) is 0 Å².